The van der Waals surface area contributed by atoms with E-state index in [0.29, 0.717) is 19.4 Å². The molecule has 0 aromatic rings. The van der Waals surface area contributed by atoms with Crippen LogP contribution in [0.5, 0.6) is 0 Å². The van der Waals surface area contributed by atoms with Gasteiger partial charge in [-0.05, 0) is 89.9 Å². The van der Waals surface area contributed by atoms with Gasteiger partial charge in [0.15, 0.2) is 6.10 Å². The summed E-state index contributed by atoms with van der Waals surface area (Å²) in [5.74, 6) is -0.428. The van der Waals surface area contributed by atoms with Crippen LogP contribution in [0.2, 0.25) is 0 Å². The molecule has 5 heteroatoms. The fraction of sp³-hybridized carbons (Fsp3) is 0.736. The first-order valence-corrected chi connectivity index (χ1v) is 24.5. The molecule has 0 bridgehead atoms. The van der Waals surface area contributed by atoms with Gasteiger partial charge in [0.1, 0.15) is 6.61 Å². The molecule has 0 saturated heterocycles. The summed E-state index contributed by atoms with van der Waals surface area (Å²) in [7, 11) is 0. The van der Waals surface area contributed by atoms with Gasteiger partial charge in [0.25, 0.3) is 0 Å². The van der Waals surface area contributed by atoms with E-state index in [1.807, 2.05) is 0 Å². The zero-order chi connectivity index (χ0) is 42.1. The molecule has 58 heavy (non-hydrogen) atoms. The monoisotopic (exact) mass is 809 g/mol. The van der Waals surface area contributed by atoms with Crippen molar-refractivity contribution in [1.82, 2.24) is 0 Å². The van der Waals surface area contributed by atoms with Crippen LogP contribution in [0.3, 0.4) is 0 Å². The Morgan fingerprint density at radius 2 is 0.776 bits per heavy atom. The molecule has 334 valence electrons. The van der Waals surface area contributed by atoms with Gasteiger partial charge in [-0.25, -0.2) is 0 Å². The first-order chi connectivity index (χ1) is 28.6. The maximum atomic E-state index is 12.6. The molecule has 5 nitrogen and oxygen atoms in total. The summed E-state index contributed by atoms with van der Waals surface area (Å²) in [4.78, 5) is 25.1. The van der Waals surface area contributed by atoms with Crippen LogP contribution in [0.4, 0.5) is 0 Å². The lowest BCUT2D eigenvalue weighted by atomic mass is 10.1. The molecule has 0 aromatic carbocycles. The summed E-state index contributed by atoms with van der Waals surface area (Å²) in [5, 5.41) is 0. The number of hydrogen-bond acceptors (Lipinski definition) is 5. The number of carbonyl (C=O) groups excluding carboxylic acids is 2. The van der Waals surface area contributed by atoms with Crippen molar-refractivity contribution in [1.29, 1.82) is 0 Å². The van der Waals surface area contributed by atoms with E-state index in [9.17, 15) is 9.59 Å². The molecule has 0 heterocycles. The van der Waals surface area contributed by atoms with Gasteiger partial charge in [-0.3, -0.25) is 9.59 Å². The Morgan fingerprint density at radius 1 is 0.397 bits per heavy atom. The highest BCUT2D eigenvalue weighted by atomic mass is 16.6. The normalized spacial score (nSPS) is 12.8. The molecule has 0 aliphatic heterocycles. The van der Waals surface area contributed by atoms with Gasteiger partial charge in [-0.15, -0.1) is 0 Å². The lowest BCUT2D eigenvalue weighted by molar-refractivity contribution is -0.163. The van der Waals surface area contributed by atoms with Gasteiger partial charge in [0.05, 0.1) is 6.61 Å². The number of unbranched alkanes of at least 4 members (excludes halogenated alkanes) is 21. The van der Waals surface area contributed by atoms with Crippen LogP contribution in [0.25, 0.3) is 0 Å². The smallest absolute Gasteiger partial charge is 0.306 e. The maximum absolute atomic E-state index is 12.6. The molecule has 0 aromatic heterocycles. The Balaban J connectivity index is 4.07. The lowest BCUT2D eigenvalue weighted by Crippen LogP contribution is -2.30. The summed E-state index contributed by atoms with van der Waals surface area (Å²) >= 11 is 0. The zero-order valence-electron chi connectivity index (χ0n) is 38.3. The summed E-state index contributed by atoms with van der Waals surface area (Å²) in [6.07, 6.45) is 62.2. The van der Waals surface area contributed by atoms with Gasteiger partial charge >= 0.3 is 11.9 Å². The van der Waals surface area contributed by atoms with E-state index >= 15 is 0 Å². The maximum Gasteiger partial charge on any atom is 0.306 e. The van der Waals surface area contributed by atoms with Crippen molar-refractivity contribution in [3.8, 4) is 0 Å². The predicted octanol–water partition coefficient (Wildman–Crippen LogP) is 16.3. The first-order valence-electron chi connectivity index (χ1n) is 24.5. The van der Waals surface area contributed by atoms with Crippen LogP contribution < -0.4 is 0 Å². The molecular weight excluding hydrogens is 717 g/mol. The van der Waals surface area contributed by atoms with Crippen molar-refractivity contribution < 1.29 is 23.8 Å². The number of hydrogen-bond donors (Lipinski definition) is 0. The average molecular weight is 809 g/mol. The fourth-order valence-corrected chi connectivity index (χ4v) is 6.59. The second kappa shape index (κ2) is 48.7. The van der Waals surface area contributed by atoms with E-state index in [0.717, 1.165) is 89.9 Å². The third-order valence-electron chi connectivity index (χ3n) is 10.2. The van der Waals surface area contributed by atoms with E-state index < -0.39 is 6.10 Å². The summed E-state index contributed by atoms with van der Waals surface area (Å²) in [5.41, 5.74) is 0. The molecular formula is C53H92O5. The van der Waals surface area contributed by atoms with Crippen molar-refractivity contribution in [2.24, 2.45) is 0 Å². The van der Waals surface area contributed by atoms with E-state index in [-0.39, 0.29) is 25.2 Å². The van der Waals surface area contributed by atoms with Crippen molar-refractivity contribution in [3.05, 3.63) is 72.9 Å². The second-order valence-electron chi connectivity index (χ2n) is 16.0. The van der Waals surface area contributed by atoms with Crippen LogP contribution in [0.15, 0.2) is 72.9 Å². The molecule has 0 aliphatic rings. The quantitative estimate of drug-likeness (QED) is 0.0348. The van der Waals surface area contributed by atoms with E-state index in [4.69, 9.17) is 14.2 Å². The SMILES string of the molecule is CC/C=C\C/C=C\C/C=C\CCCCCCCCCCOCC(COC(=O)CCCCCCCC/C=C\C/C=C\C/C=C\CCCCC)OC(=O)CCCCCCC. The minimum absolute atomic E-state index is 0.0731. The van der Waals surface area contributed by atoms with Crippen LogP contribution in [-0.2, 0) is 23.8 Å². The summed E-state index contributed by atoms with van der Waals surface area (Å²) in [6, 6.07) is 0. The van der Waals surface area contributed by atoms with Crippen LogP contribution >= 0.6 is 0 Å². The number of ether oxygens (including phenoxy) is 3. The van der Waals surface area contributed by atoms with Crippen molar-refractivity contribution in [2.45, 2.75) is 232 Å². The minimum atomic E-state index is -0.543. The van der Waals surface area contributed by atoms with Gasteiger partial charge < -0.3 is 14.2 Å². The molecule has 0 spiro atoms. The fourth-order valence-electron chi connectivity index (χ4n) is 6.59. The van der Waals surface area contributed by atoms with Gasteiger partial charge in [-0.2, -0.15) is 0 Å². The Kier molecular flexibility index (Phi) is 46.5. The Labute approximate surface area is 359 Å². The molecule has 0 amide bonds. The predicted molar refractivity (Wildman–Crippen MR) is 251 cm³/mol. The summed E-state index contributed by atoms with van der Waals surface area (Å²) in [6.45, 7) is 7.59. The summed E-state index contributed by atoms with van der Waals surface area (Å²) < 4.78 is 17.2. The molecule has 0 saturated carbocycles. The van der Waals surface area contributed by atoms with Crippen molar-refractivity contribution in [2.75, 3.05) is 19.8 Å². The van der Waals surface area contributed by atoms with Gasteiger partial charge in [0.2, 0.25) is 0 Å². The number of esters is 2. The molecule has 0 radical (unpaired) electrons. The van der Waals surface area contributed by atoms with E-state index in [2.05, 4.69) is 93.7 Å². The van der Waals surface area contributed by atoms with E-state index in [1.165, 1.54) is 103 Å². The minimum Gasteiger partial charge on any atom is -0.462 e. The molecule has 0 N–H and O–H groups in total. The first kappa shape index (κ1) is 55.3. The third-order valence-corrected chi connectivity index (χ3v) is 10.2. The van der Waals surface area contributed by atoms with Crippen LogP contribution in [0, 0.1) is 0 Å². The molecule has 1 atom stereocenters. The highest BCUT2D eigenvalue weighted by Crippen LogP contribution is 2.13. The Morgan fingerprint density at radius 3 is 1.28 bits per heavy atom. The standard InChI is InChI=1S/C53H92O5/c1-4-7-10-13-15-17-19-21-23-25-27-28-30-32-34-36-38-41-43-46-52(54)57-50-51(58-53(55)47-44-40-12-9-6-3)49-56-48-45-42-39-37-35-33-31-29-26-24-22-20-18-16-14-11-8-5-2/h8,11,15-18,21-24,27-28,51H,4-7,9-10,12-14,19-20,25-26,29-50H2,1-3H3/b11-8-,17-15-,18-16-,23-21-,24-22-,28-27-. The lowest BCUT2D eigenvalue weighted by Gasteiger charge is -2.18. The molecule has 0 fully saturated rings. The van der Waals surface area contributed by atoms with Crippen molar-refractivity contribution in [3.63, 3.8) is 0 Å². The Bertz CT molecular complexity index is 1050. The van der Waals surface area contributed by atoms with E-state index in [1.54, 1.807) is 0 Å². The second-order valence-corrected chi connectivity index (χ2v) is 16.0. The average Bonchev–Trinajstić information content (AvgIpc) is 3.22. The van der Waals surface area contributed by atoms with Gasteiger partial charge in [-0.1, -0.05) is 196 Å². The topological polar surface area (TPSA) is 61.8 Å². The van der Waals surface area contributed by atoms with Crippen LogP contribution in [0.1, 0.15) is 226 Å². The molecule has 0 aliphatic carbocycles. The number of carbonyl (C=O) groups is 2. The number of allylic oxidation sites excluding steroid dienone is 12. The van der Waals surface area contributed by atoms with Crippen molar-refractivity contribution >= 4 is 11.9 Å². The largest absolute Gasteiger partial charge is 0.462 e. The van der Waals surface area contributed by atoms with Crippen LogP contribution in [-0.4, -0.2) is 37.9 Å². The zero-order valence-corrected chi connectivity index (χ0v) is 38.3. The molecule has 0 rings (SSSR count). The van der Waals surface area contributed by atoms with Gasteiger partial charge in [0, 0.05) is 19.4 Å². The number of rotatable bonds is 44. The third kappa shape index (κ3) is 46.0. The Hall–Kier alpha value is -2.66. The highest BCUT2D eigenvalue weighted by Gasteiger charge is 2.17. The molecule has 1 unspecified atom stereocenters. The highest BCUT2D eigenvalue weighted by molar-refractivity contribution is 5.70.